The third kappa shape index (κ3) is 4.99. The molecular formula is C27H28N4O2S. The number of nitrogens with zero attached hydrogens (tertiary/aromatic N) is 3. The number of aryl methyl sites for hydroxylation is 2. The molecule has 1 aromatic heterocycles. The first-order chi connectivity index (χ1) is 16.5. The Hall–Kier alpha value is -3.58. The van der Waals surface area contributed by atoms with Crippen LogP contribution in [-0.4, -0.2) is 27.8 Å². The Balaban J connectivity index is 1.70. The highest BCUT2D eigenvalue weighted by atomic mass is 32.2. The van der Waals surface area contributed by atoms with Gasteiger partial charge < -0.3 is 14.6 Å². The normalized spacial score (nSPS) is 11.8. The Morgan fingerprint density at radius 2 is 1.76 bits per heavy atom. The molecule has 0 aliphatic carbocycles. The zero-order valence-corrected chi connectivity index (χ0v) is 20.6. The highest BCUT2D eigenvalue weighted by Gasteiger charge is 2.26. The quantitative estimate of drug-likeness (QED) is 0.316. The number of rotatable bonds is 8. The molecule has 4 rings (SSSR count). The second kappa shape index (κ2) is 10.6. The second-order valence-electron chi connectivity index (χ2n) is 7.97. The van der Waals surface area contributed by atoms with Crippen molar-refractivity contribution in [1.29, 1.82) is 0 Å². The number of anilines is 1. The van der Waals surface area contributed by atoms with Gasteiger partial charge >= 0.3 is 0 Å². The summed E-state index contributed by atoms with van der Waals surface area (Å²) in [6.45, 7) is 6.71. The van der Waals surface area contributed by atoms with Crippen LogP contribution in [0.15, 0.2) is 78.0 Å². The Morgan fingerprint density at radius 3 is 2.50 bits per heavy atom. The van der Waals surface area contributed by atoms with Crippen molar-refractivity contribution in [1.82, 2.24) is 14.8 Å². The molecule has 6 nitrogen and oxygen atoms in total. The number of aromatic nitrogens is 3. The standard InChI is InChI=1S/C27H28N4O2S/c1-5-31-25(21-13-9-10-14-23(21)33-4)29-30-27(31)34-24(20-11-7-6-8-12-20)26(32)28-22-17-18(2)15-16-19(22)3/h6-17,24H,5H2,1-4H3,(H,28,32). The average molecular weight is 473 g/mol. The van der Waals surface area contributed by atoms with Crippen molar-refractivity contribution in [2.75, 3.05) is 12.4 Å². The van der Waals surface area contributed by atoms with Gasteiger partial charge in [-0.05, 0) is 55.7 Å². The van der Waals surface area contributed by atoms with Gasteiger partial charge in [0.25, 0.3) is 0 Å². The number of carbonyl (C=O) groups excluding carboxylic acids is 1. The topological polar surface area (TPSA) is 69.0 Å². The molecule has 1 heterocycles. The Morgan fingerprint density at radius 1 is 1.03 bits per heavy atom. The summed E-state index contributed by atoms with van der Waals surface area (Å²) in [5, 5.41) is 12.2. The molecule has 1 N–H and O–H groups in total. The molecular weight excluding hydrogens is 444 g/mol. The highest BCUT2D eigenvalue weighted by molar-refractivity contribution is 8.00. The van der Waals surface area contributed by atoms with Crippen LogP contribution in [0.1, 0.15) is 28.9 Å². The Kier molecular flexibility index (Phi) is 7.33. The van der Waals surface area contributed by atoms with E-state index < -0.39 is 5.25 Å². The molecule has 34 heavy (non-hydrogen) atoms. The van der Waals surface area contributed by atoms with Gasteiger partial charge in [-0.3, -0.25) is 4.79 Å². The summed E-state index contributed by atoms with van der Waals surface area (Å²) in [6.07, 6.45) is 0. The maximum Gasteiger partial charge on any atom is 0.242 e. The maximum atomic E-state index is 13.5. The van der Waals surface area contributed by atoms with Gasteiger partial charge in [-0.25, -0.2) is 0 Å². The highest BCUT2D eigenvalue weighted by Crippen LogP contribution is 2.38. The minimum atomic E-state index is -0.499. The first kappa shape index (κ1) is 23.6. The van der Waals surface area contributed by atoms with Gasteiger partial charge in [-0.15, -0.1) is 10.2 Å². The van der Waals surface area contributed by atoms with E-state index in [2.05, 4.69) is 15.5 Å². The summed E-state index contributed by atoms with van der Waals surface area (Å²) < 4.78 is 7.55. The van der Waals surface area contributed by atoms with Crippen molar-refractivity contribution in [3.05, 3.63) is 89.5 Å². The molecule has 1 atom stereocenters. The van der Waals surface area contributed by atoms with E-state index in [1.165, 1.54) is 11.8 Å². The first-order valence-corrected chi connectivity index (χ1v) is 12.1. The number of hydrogen-bond donors (Lipinski definition) is 1. The van der Waals surface area contributed by atoms with Crippen LogP contribution in [0.5, 0.6) is 5.75 Å². The SMILES string of the molecule is CCn1c(SC(C(=O)Nc2cc(C)ccc2C)c2ccccc2)nnc1-c1ccccc1OC. The molecule has 0 fully saturated rings. The van der Waals surface area contributed by atoms with E-state index in [1.807, 2.05) is 98.1 Å². The lowest BCUT2D eigenvalue weighted by Gasteiger charge is -2.18. The van der Waals surface area contributed by atoms with Crippen LogP contribution < -0.4 is 10.1 Å². The third-order valence-corrected chi connectivity index (χ3v) is 6.83. The molecule has 0 saturated carbocycles. The zero-order valence-electron chi connectivity index (χ0n) is 19.8. The summed E-state index contributed by atoms with van der Waals surface area (Å²) in [7, 11) is 1.64. The predicted octanol–water partition coefficient (Wildman–Crippen LogP) is 6.06. The number of para-hydroxylation sites is 1. The molecule has 174 valence electrons. The van der Waals surface area contributed by atoms with E-state index in [9.17, 15) is 4.79 Å². The van der Waals surface area contributed by atoms with Crippen LogP contribution in [0.4, 0.5) is 5.69 Å². The van der Waals surface area contributed by atoms with Crippen molar-refractivity contribution in [3.8, 4) is 17.1 Å². The smallest absolute Gasteiger partial charge is 0.242 e. The predicted molar refractivity (Wildman–Crippen MR) is 137 cm³/mol. The molecule has 0 bridgehead atoms. The van der Waals surface area contributed by atoms with Crippen LogP contribution in [0.2, 0.25) is 0 Å². The Bertz CT molecular complexity index is 1290. The molecule has 7 heteroatoms. The minimum absolute atomic E-state index is 0.102. The molecule has 0 saturated heterocycles. The molecule has 0 aliphatic heterocycles. The number of benzene rings is 3. The molecule has 1 amide bonds. The van der Waals surface area contributed by atoms with Crippen LogP contribution in [-0.2, 0) is 11.3 Å². The monoisotopic (exact) mass is 472 g/mol. The zero-order chi connectivity index (χ0) is 24.1. The van der Waals surface area contributed by atoms with Crippen LogP contribution in [0, 0.1) is 13.8 Å². The fourth-order valence-electron chi connectivity index (χ4n) is 3.76. The van der Waals surface area contributed by atoms with Crippen molar-refractivity contribution >= 4 is 23.4 Å². The van der Waals surface area contributed by atoms with Gasteiger partial charge in [0.2, 0.25) is 5.91 Å². The van der Waals surface area contributed by atoms with E-state index in [4.69, 9.17) is 4.74 Å². The number of ether oxygens (including phenoxy) is 1. The summed E-state index contributed by atoms with van der Waals surface area (Å²) in [4.78, 5) is 13.5. The maximum absolute atomic E-state index is 13.5. The van der Waals surface area contributed by atoms with Crippen LogP contribution in [0.3, 0.4) is 0 Å². The molecule has 0 radical (unpaired) electrons. The van der Waals surface area contributed by atoms with Crippen LogP contribution >= 0.6 is 11.8 Å². The minimum Gasteiger partial charge on any atom is -0.496 e. The van der Waals surface area contributed by atoms with E-state index in [0.29, 0.717) is 17.5 Å². The first-order valence-electron chi connectivity index (χ1n) is 11.2. The van der Waals surface area contributed by atoms with Gasteiger partial charge in [0.05, 0.1) is 12.7 Å². The number of amides is 1. The third-order valence-electron chi connectivity index (χ3n) is 5.60. The molecule has 1 unspecified atom stereocenters. The van der Waals surface area contributed by atoms with Gasteiger partial charge in [0.15, 0.2) is 11.0 Å². The number of thioether (sulfide) groups is 1. The fraction of sp³-hybridized carbons (Fsp3) is 0.222. The van der Waals surface area contributed by atoms with Crippen molar-refractivity contribution in [3.63, 3.8) is 0 Å². The Labute approximate surface area is 204 Å². The fourth-order valence-corrected chi connectivity index (χ4v) is 4.87. The number of hydrogen-bond acceptors (Lipinski definition) is 5. The number of carbonyl (C=O) groups is 1. The molecule has 0 aliphatic rings. The van der Waals surface area contributed by atoms with E-state index >= 15 is 0 Å². The summed E-state index contributed by atoms with van der Waals surface area (Å²) >= 11 is 1.40. The summed E-state index contributed by atoms with van der Waals surface area (Å²) in [6, 6.07) is 23.6. The van der Waals surface area contributed by atoms with Crippen molar-refractivity contribution in [2.45, 2.75) is 37.7 Å². The second-order valence-corrected chi connectivity index (χ2v) is 9.04. The van der Waals surface area contributed by atoms with Crippen molar-refractivity contribution in [2.24, 2.45) is 0 Å². The molecule has 0 spiro atoms. The summed E-state index contributed by atoms with van der Waals surface area (Å²) in [5.74, 6) is 1.34. The molecule has 3 aromatic carbocycles. The van der Waals surface area contributed by atoms with Gasteiger partial charge in [0, 0.05) is 12.2 Å². The molecule has 4 aromatic rings. The van der Waals surface area contributed by atoms with E-state index in [-0.39, 0.29) is 5.91 Å². The lowest BCUT2D eigenvalue weighted by molar-refractivity contribution is -0.115. The van der Waals surface area contributed by atoms with Gasteiger partial charge in [-0.1, -0.05) is 66.4 Å². The average Bonchev–Trinajstić information content (AvgIpc) is 3.27. The largest absolute Gasteiger partial charge is 0.496 e. The van der Waals surface area contributed by atoms with Crippen LogP contribution in [0.25, 0.3) is 11.4 Å². The number of nitrogens with one attached hydrogen (secondary N) is 1. The van der Waals surface area contributed by atoms with E-state index in [1.54, 1.807) is 7.11 Å². The summed E-state index contributed by atoms with van der Waals surface area (Å²) in [5.41, 5.74) is 4.70. The lowest BCUT2D eigenvalue weighted by atomic mass is 10.1. The van der Waals surface area contributed by atoms with E-state index in [0.717, 1.165) is 33.7 Å². The lowest BCUT2D eigenvalue weighted by Crippen LogP contribution is -2.20. The van der Waals surface area contributed by atoms with Crippen molar-refractivity contribution < 1.29 is 9.53 Å². The van der Waals surface area contributed by atoms with Gasteiger partial charge in [0.1, 0.15) is 11.0 Å². The number of methoxy groups -OCH3 is 1. The van der Waals surface area contributed by atoms with Gasteiger partial charge in [-0.2, -0.15) is 0 Å².